The fourth-order valence-corrected chi connectivity index (χ4v) is 2.08. The Morgan fingerprint density at radius 1 is 0.950 bits per heavy atom. The molecule has 0 atom stereocenters. The number of carbonyl (C=O) groups excluding carboxylic acids is 1. The Morgan fingerprint density at radius 3 is 2.10 bits per heavy atom. The largest absolute Gasteiger partial charge is 0.744 e. The molecule has 106 valence electrons. The summed E-state index contributed by atoms with van der Waals surface area (Å²) in [6.07, 6.45) is 0. The van der Waals surface area contributed by atoms with Gasteiger partial charge in [0.25, 0.3) is 0 Å². The molecule has 0 aliphatic carbocycles. The lowest BCUT2D eigenvalue weighted by atomic mass is 10.2. The predicted molar refractivity (Wildman–Crippen MR) is 71.8 cm³/mol. The second kappa shape index (κ2) is 6.29. The van der Waals surface area contributed by atoms with Crippen molar-refractivity contribution in [3.05, 3.63) is 60.2 Å². The van der Waals surface area contributed by atoms with E-state index in [-0.39, 0.29) is 17.5 Å². The van der Waals surface area contributed by atoms with Gasteiger partial charge >= 0.3 is 5.97 Å². The predicted octanol–water partition coefficient (Wildman–Crippen LogP) is 2.19. The summed E-state index contributed by atoms with van der Waals surface area (Å²) in [6.45, 7) is 0. The van der Waals surface area contributed by atoms with Crippen molar-refractivity contribution >= 4 is 16.1 Å². The monoisotopic (exact) mass is 295 g/mol. The van der Waals surface area contributed by atoms with Gasteiger partial charge in [-0.25, -0.2) is 13.2 Å². The minimum atomic E-state index is -4.69. The third-order valence-corrected chi connectivity index (χ3v) is 3.21. The molecule has 0 heterocycles. The number of rotatable bonds is 3. The fourth-order valence-electron chi connectivity index (χ4n) is 1.47. The van der Waals surface area contributed by atoms with Gasteiger partial charge in [-0.05, 0) is 24.3 Å². The lowest BCUT2D eigenvalue weighted by molar-refractivity contribution is 0.0730. The molecule has 0 amide bonds. The van der Waals surface area contributed by atoms with E-state index in [4.69, 9.17) is 4.74 Å². The number of benzene rings is 2. The molecule has 2 aromatic carbocycles. The van der Waals surface area contributed by atoms with Gasteiger partial charge in [0.1, 0.15) is 15.9 Å². The average molecular weight is 295 g/mol. The first kappa shape index (κ1) is 15.8. The van der Waals surface area contributed by atoms with Crippen LogP contribution in [0, 0.1) is 0 Å². The Kier molecular flexibility index (Phi) is 4.98. The summed E-state index contributed by atoms with van der Waals surface area (Å²) in [5.74, 6) is -0.997. The minimum Gasteiger partial charge on any atom is -0.744 e. The van der Waals surface area contributed by atoms with Crippen LogP contribution in [0.2, 0.25) is 0 Å². The second-order valence-electron chi connectivity index (χ2n) is 3.66. The van der Waals surface area contributed by atoms with Gasteiger partial charge in [0.05, 0.1) is 10.5 Å². The first-order valence-electron chi connectivity index (χ1n) is 5.30. The first-order chi connectivity index (χ1) is 8.98. The van der Waals surface area contributed by atoms with Crippen LogP contribution >= 0.6 is 0 Å². The zero-order valence-electron chi connectivity index (χ0n) is 10.6. The van der Waals surface area contributed by atoms with Crippen molar-refractivity contribution in [1.82, 2.24) is 6.15 Å². The van der Waals surface area contributed by atoms with E-state index >= 15 is 0 Å². The maximum absolute atomic E-state index is 11.8. The summed E-state index contributed by atoms with van der Waals surface area (Å²) < 4.78 is 38.0. The summed E-state index contributed by atoms with van der Waals surface area (Å²) in [7, 11) is -4.69. The van der Waals surface area contributed by atoms with E-state index in [1.807, 2.05) is 0 Å². The number of esters is 1. The van der Waals surface area contributed by atoms with Crippen LogP contribution in [0.1, 0.15) is 10.4 Å². The molecular formula is C13H13NO5S. The maximum atomic E-state index is 11.8. The standard InChI is InChI=1S/C13H10O5S.H3N/c14-13(10-6-2-1-3-7-10)18-11-8-4-5-9-12(11)19(15,16)17;/h1-9H,(H,15,16,17);1H3. The molecule has 4 N–H and O–H groups in total. The average Bonchev–Trinajstić information content (AvgIpc) is 2.39. The minimum absolute atomic E-state index is 0. The van der Waals surface area contributed by atoms with Gasteiger partial charge in [0.2, 0.25) is 0 Å². The summed E-state index contributed by atoms with van der Waals surface area (Å²) in [4.78, 5) is 11.2. The van der Waals surface area contributed by atoms with Crippen LogP contribution in [0.5, 0.6) is 5.75 Å². The number of ether oxygens (including phenoxy) is 1. The molecule has 2 aromatic rings. The molecule has 0 unspecified atom stereocenters. The number of quaternary nitrogens is 1. The molecule has 0 radical (unpaired) electrons. The van der Waals surface area contributed by atoms with Crippen molar-refractivity contribution in [3.8, 4) is 5.75 Å². The molecule has 0 aliphatic rings. The Bertz CT molecular complexity index is 698. The van der Waals surface area contributed by atoms with Crippen molar-refractivity contribution in [2.24, 2.45) is 0 Å². The quantitative estimate of drug-likeness (QED) is 0.528. The van der Waals surface area contributed by atoms with Crippen LogP contribution in [-0.2, 0) is 10.1 Å². The molecule has 0 aromatic heterocycles. The van der Waals surface area contributed by atoms with Gasteiger partial charge in [-0.2, -0.15) is 0 Å². The lowest BCUT2D eigenvalue weighted by Crippen LogP contribution is -2.11. The molecule has 0 fully saturated rings. The highest BCUT2D eigenvalue weighted by Crippen LogP contribution is 2.23. The second-order valence-corrected chi connectivity index (χ2v) is 5.00. The smallest absolute Gasteiger partial charge is 0.343 e. The zero-order valence-corrected chi connectivity index (χ0v) is 11.5. The van der Waals surface area contributed by atoms with Crippen LogP contribution < -0.4 is 10.9 Å². The summed E-state index contributed by atoms with van der Waals surface area (Å²) in [6, 6.07) is 13.3. The number of carbonyl (C=O) groups is 1. The van der Waals surface area contributed by atoms with E-state index in [1.54, 1.807) is 18.2 Å². The Balaban J connectivity index is 0.00000200. The lowest BCUT2D eigenvalue weighted by Gasteiger charge is -2.12. The maximum Gasteiger partial charge on any atom is 0.343 e. The molecule has 20 heavy (non-hydrogen) atoms. The third-order valence-electron chi connectivity index (χ3n) is 2.33. The van der Waals surface area contributed by atoms with E-state index in [9.17, 15) is 17.8 Å². The molecule has 0 bridgehead atoms. The molecule has 0 saturated heterocycles. The Hall–Kier alpha value is -2.22. The molecule has 2 rings (SSSR count). The van der Waals surface area contributed by atoms with Gasteiger partial charge in [-0.3, -0.25) is 0 Å². The van der Waals surface area contributed by atoms with Gasteiger partial charge < -0.3 is 15.4 Å². The number of para-hydroxylation sites is 1. The van der Waals surface area contributed by atoms with E-state index in [0.29, 0.717) is 0 Å². The highest BCUT2D eigenvalue weighted by Gasteiger charge is 2.14. The first-order valence-corrected chi connectivity index (χ1v) is 6.71. The van der Waals surface area contributed by atoms with E-state index in [2.05, 4.69) is 0 Å². The topological polar surface area (TPSA) is 120 Å². The Morgan fingerprint density at radius 2 is 1.50 bits per heavy atom. The highest BCUT2D eigenvalue weighted by atomic mass is 32.2. The van der Waals surface area contributed by atoms with Crippen molar-refractivity contribution in [1.29, 1.82) is 0 Å². The van der Waals surface area contributed by atoms with Gasteiger partial charge in [0.15, 0.2) is 0 Å². The molecule has 0 spiro atoms. The van der Waals surface area contributed by atoms with Crippen LogP contribution in [0.3, 0.4) is 0 Å². The third kappa shape index (κ3) is 3.64. The SMILES string of the molecule is O=C(Oc1ccccc1S(=O)(=O)[O-])c1ccccc1.[NH4+]. The van der Waals surface area contributed by atoms with E-state index in [0.717, 1.165) is 6.07 Å². The van der Waals surface area contributed by atoms with Crippen molar-refractivity contribution < 1.29 is 22.5 Å². The van der Waals surface area contributed by atoms with Crippen LogP contribution in [0.15, 0.2) is 59.5 Å². The fraction of sp³-hybridized carbons (Fsp3) is 0. The van der Waals surface area contributed by atoms with Crippen molar-refractivity contribution in [3.63, 3.8) is 0 Å². The Labute approximate surface area is 116 Å². The zero-order chi connectivity index (χ0) is 13.9. The van der Waals surface area contributed by atoms with E-state index < -0.39 is 21.0 Å². The van der Waals surface area contributed by atoms with Crippen LogP contribution in [0.4, 0.5) is 0 Å². The molecule has 7 heteroatoms. The van der Waals surface area contributed by atoms with Crippen LogP contribution in [0.25, 0.3) is 0 Å². The summed E-state index contributed by atoms with van der Waals surface area (Å²) >= 11 is 0. The highest BCUT2D eigenvalue weighted by molar-refractivity contribution is 7.85. The van der Waals surface area contributed by atoms with Crippen molar-refractivity contribution in [2.75, 3.05) is 0 Å². The molecular weight excluding hydrogens is 282 g/mol. The molecule has 0 saturated carbocycles. The van der Waals surface area contributed by atoms with Gasteiger partial charge in [0, 0.05) is 0 Å². The van der Waals surface area contributed by atoms with Crippen molar-refractivity contribution in [2.45, 2.75) is 4.90 Å². The van der Waals surface area contributed by atoms with Crippen LogP contribution in [-0.4, -0.2) is 18.9 Å². The summed E-state index contributed by atoms with van der Waals surface area (Å²) in [5, 5.41) is 0. The normalized spacial score (nSPS) is 10.4. The van der Waals surface area contributed by atoms with Gasteiger partial charge in [-0.15, -0.1) is 0 Å². The molecule has 6 nitrogen and oxygen atoms in total. The van der Waals surface area contributed by atoms with E-state index in [1.165, 1.54) is 30.3 Å². The summed E-state index contributed by atoms with van der Waals surface area (Å²) in [5.41, 5.74) is 0.264. The van der Waals surface area contributed by atoms with Gasteiger partial charge in [-0.1, -0.05) is 30.3 Å². The number of hydrogen-bond acceptors (Lipinski definition) is 5. The molecule has 0 aliphatic heterocycles. The number of hydrogen-bond donors (Lipinski definition) is 1.